The molecule has 0 heterocycles. The second-order valence-electron chi connectivity index (χ2n) is 3.69. The van der Waals surface area contributed by atoms with E-state index in [2.05, 4.69) is 0 Å². The lowest BCUT2D eigenvalue weighted by Crippen LogP contribution is -2.24. The SMILES string of the molecule is CCOC(=O)C(C)OP(=O)(OC)OCC(CC)OC. The van der Waals surface area contributed by atoms with Gasteiger partial charge < -0.3 is 9.47 Å². The van der Waals surface area contributed by atoms with Gasteiger partial charge in [-0.3, -0.25) is 13.6 Å². The average Bonchev–Trinajstić information content (AvgIpc) is 2.40. The summed E-state index contributed by atoms with van der Waals surface area (Å²) in [6.45, 7) is 5.25. The molecule has 7 nitrogen and oxygen atoms in total. The number of esters is 1. The molecule has 114 valence electrons. The molecule has 0 fully saturated rings. The summed E-state index contributed by atoms with van der Waals surface area (Å²) in [5.74, 6) is -0.623. The molecule has 3 unspecified atom stereocenters. The van der Waals surface area contributed by atoms with Gasteiger partial charge >= 0.3 is 13.8 Å². The summed E-state index contributed by atoms with van der Waals surface area (Å²) in [7, 11) is -1.08. The van der Waals surface area contributed by atoms with Crippen molar-refractivity contribution in [2.75, 3.05) is 27.4 Å². The van der Waals surface area contributed by atoms with Crippen LogP contribution in [0.2, 0.25) is 0 Å². The molecule has 0 saturated heterocycles. The first-order valence-corrected chi connectivity index (χ1v) is 7.56. The van der Waals surface area contributed by atoms with Crippen LogP contribution in [0.25, 0.3) is 0 Å². The van der Waals surface area contributed by atoms with E-state index in [0.717, 1.165) is 0 Å². The van der Waals surface area contributed by atoms with E-state index < -0.39 is 19.9 Å². The summed E-state index contributed by atoms with van der Waals surface area (Å²) < 4.78 is 36.8. The molecule has 0 N–H and O–H groups in total. The Kier molecular flexibility index (Phi) is 9.22. The second kappa shape index (κ2) is 9.44. The lowest BCUT2D eigenvalue weighted by atomic mass is 10.3. The normalized spacial score (nSPS) is 17.5. The van der Waals surface area contributed by atoms with Gasteiger partial charge in [-0.25, -0.2) is 9.36 Å². The highest BCUT2D eigenvalue weighted by Crippen LogP contribution is 2.50. The van der Waals surface area contributed by atoms with E-state index >= 15 is 0 Å². The Balaban J connectivity index is 4.44. The maximum Gasteiger partial charge on any atom is 0.475 e. The van der Waals surface area contributed by atoms with E-state index in [1.54, 1.807) is 6.92 Å². The van der Waals surface area contributed by atoms with Gasteiger partial charge in [0.1, 0.15) is 0 Å². The highest BCUT2D eigenvalue weighted by atomic mass is 31.2. The molecule has 0 aromatic heterocycles. The molecule has 0 bridgehead atoms. The van der Waals surface area contributed by atoms with Crippen molar-refractivity contribution >= 4 is 13.8 Å². The number of carbonyl (C=O) groups is 1. The van der Waals surface area contributed by atoms with Crippen molar-refractivity contribution in [1.29, 1.82) is 0 Å². The number of hydrogen-bond acceptors (Lipinski definition) is 7. The fraction of sp³-hybridized carbons (Fsp3) is 0.909. The molecular weight excluding hydrogens is 275 g/mol. The lowest BCUT2D eigenvalue weighted by molar-refractivity contribution is -0.151. The average molecular weight is 298 g/mol. The van der Waals surface area contributed by atoms with Gasteiger partial charge in [-0.15, -0.1) is 0 Å². The monoisotopic (exact) mass is 298 g/mol. The van der Waals surface area contributed by atoms with Crippen LogP contribution in [0.4, 0.5) is 0 Å². The van der Waals surface area contributed by atoms with Gasteiger partial charge in [0, 0.05) is 14.2 Å². The van der Waals surface area contributed by atoms with Crippen LogP contribution >= 0.6 is 7.82 Å². The molecule has 0 saturated carbocycles. The molecule has 0 aliphatic rings. The van der Waals surface area contributed by atoms with Gasteiger partial charge in [0.15, 0.2) is 6.10 Å². The van der Waals surface area contributed by atoms with Crippen LogP contribution in [0.1, 0.15) is 27.2 Å². The minimum atomic E-state index is -3.80. The van der Waals surface area contributed by atoms with E-state index in [0.29, 0.717) is 6.42 Å². The standard InChI is InChI=1S/C11H23O7P/c1-6-10(14-4)8-17-19(13,15-5)18-9(3)11(12)16-7-2/h9-10H,6-8H2,1-5H3. The predicted octanol–water partition coefficient (Wildman–Crippen LogP) is 2.15. The third kappa shape index (κ3) is 7.03. The van der Waals surface area contributed by atoms with E-state index in [9.17, 15) is 9.36 Å². The number of phosphoric ester groups is 1. The van der Waals surface area contributed by atoms with E-state index in [1.807, 2.05) is 6.92 Å². The van der Waals surface area contributed by atoms with Crippen molar-refractivity contribution in [3.63, 3.8) is 0 Å². The van der Waals surface area contributed by atoms with Crippen molar-refractivity contribution in [3.05, 3.63) is 0 Å². The Labute approximate surface area is 114 Å². The Hall–Kier alpha value is -0.460. The van der Waals surface area contributed by atoms with Crippen molar-refractivity contribution in [1.82, 2.24) is 0 Å². The summed E-state index contributed by atoms with van der Waals surface area (Å²) in [4.78, 5) is 11.4. The first-order valence-electron chi connectivity index (χ1n) is 6.10. The predicted molar refractivity (Wildman–Crippen MR) is 68.8 cm³/mol. The Bertz CT molecular complexity index is 303. The fourth-order valence-electron chi connectivity index (χ4n) is 1.15. The largest absolute Gasteiger partial charge is 0.475 e. The lowest BCUT2D eigenvalue weighted by Gasteiger charge is -2.21. The van der Waals surface area contributed by atoms with Crippen molar-refractivity contribution in [2.45, 2.75) is 39.4 Å². The minimum Gasteiger partial charge on any atom is -0.464 e. The van der Waals surface area contributed by atoms with Crippen LogP contribution in [0.3, 0.4) is 0 Å². The maximum absolute atomic E-state index is 12.1. The third-order valence-electron chi connectivity index (χ3n) is 2.34. The van der Waals surface area contributed by atoms with Gasteiger partial charge in [-0.2, -0.15) is 0 Å². The topological polar surface area (TPSA) is 80.3 Å². The van der Waals surface area contributed by atoms with E-state index in [4.69, 9.17) is 23.0 Å². The van der Waals surface area contributed by atoms with Crippen LogP contribution in [0.5, 0.6) is 0 Å². The molecule has 0 aromatic rings. The van der Waals surface area contributed by atoms with Crippen LogP contribution < -0.4 is 0 Å². The smallest absolute Gasteiger partial charge is 0.464 e. The first-order chi connectivity index (χ1) is 8.92. The molecule has 0 amide bonds. The van der Waals surface area contributed by atoms with Crippen LogP contribution in [0, 0.1) is 0 Å². The number of carbonyl (C=O) groups excluding carboxylic acids is 1. The Morgan fingerprint density at radius 2 is 1.89 bits per heavy atom. The molecule has 3 atom stereocenters. The van der Waals surface area contributed by atoms with E-state index in [-0.39, 0.29) is 19.3 Å². The molecule has 0 radical (unpaired) electrons. The Morgan fingerprint density at radius 1 is 1.26 bits per heavy atom. The molecule has 0 rings (SSSR count). The number of methoxy groups -OCH3 is 1. The molecule has 19 heavy (non-hydrogen) atoms. The number of hydrogen-bond donors (Lipinski definition) is 0. The number of phosphoric acid groups is 1. The quantitative estimate of drug-likeness (QED) is 0.451. The van der Waals surface area contributed by atoms with Crippen molar-refractivity contribution < 1.29 is 32.4 Å². The zero-order valence-corrected chi connectivity index (χ0v) is 13.0. The molecule has 0 aromatic carbocycles. The number of rotatable bonds is 10. The zero-order valence-electron chi connectivity index (χ0n) is 12.1. The summed E-state index contributed by atoms with van der Waals surface area (Å²) in [6.07, 6.45) is -0.563. The molecule has 8 heteroatoms. The highest BCUT2D eigenvalue weighted by molar-refractivity contribution is 7.48. The molecular formula is C11H23O7P. The Morgan fingerprint density at radius 3 is 2.32 bits per heavy atom. The zero-order chi connectivity index (χ0) is 14.9. The van der Waals surface area contributed by atoms with E-state index in [1.165, 1.54) is 21.1 Å². The third-order valence-corrected chi connectivity index (χ3v) is 3.82. The van der Waals surface area contributed by atoms with Gasteiger partial charge in [0.25, 0.3) is 0 Å². The summed E-state index contributed by atoms with van der Waals surface area (Å²) in [5, 5.41) is 0. The minimum absolute atomic E-state index is 0.0493. The summed E-state index contributed by atoms with van der Waals surface area (Å²) in [5.41, 5.74) is 0. The maximum atomic E-state index is 12.1. The van der Waals surface area contributed by atoms with Crippen LogP contribution in [0.15, 0.2) is 0 Å². The molecule has 0 aliphatic heterocycles. The molecule has 0 spiro atoms. The first kappa shape index (κ1) is 18.5. The van der Waals surface area contributed by atoms with Gasteiger partial charge in [-0.05, 0) is 20.3 Å². The summed E-state index contributed by atoms with van der Waals surface area (Å²) >= 11 is 0. The number of ether oxygens (including phenoxy) is 2. The van der Waals surface area contributed by atoms with Crippen LogP contribution in [-0.4, -0.2) is 45.6 Å². The summed E-state index contributed by atoms with van der Waals surface area (Å²) in [6, 6.07) is 0. The highest BCUT2D eigenvalue weighted by Gasteiger charge is 2.32. The fourth-order valence-corrected chi connectivity index (χ4v) is 2.22. The van der Waals surface area contributed by atoms with Crippen molar-refractivity contribution in [3.8, 4) is 0 Å². The van der Waals surface area contributed by atoms with Gasteiger partial charge in [-0.1, -0.05) is 6.92 Å². The van der Waals surface area contributed by atoms with Gasteiger partial charge in [0.05, 0.1) is 19.3 Å². The molecule has 0 aliphatic carbocycles. The van der Waals surface area contributed by atoms with Gasteiger partial charge in [0.2, 0.25) is 0 Å². The second-order valence-corrected chi connectivity index (χ2v) is 5.42. The van der Waals surface area contributed by atoms with Crippen LogP contribution in [-0.2, 0) is 32.4 Å². The van der Waals surface area contributed by atoms with Crippen molar-refractivity contribution in [2.24, 2.45) is 0 Å².